The Bertz CT molecular complexity index is 796. The molecular formula is C17H17N5S. The van der Waals surface area contributed by atoms with Crippen LogP contribution in [-0.4, -0.2) is 15.9 Å². The van der Waals surface area contributed by atoms with Crippen LogP contribution in [0.5, 0.6) is 0 Å². The van der Waals surface area contributed by atoms with Gasteiger partial charge in [0.25, 0.3) is 0 Å². The predicted octanol–water partition coefficient (Wildman–Crippen LogP) is 3.36. The lowest BCUT2D eigenvalue weighted by atomic mass is 9.89. The Morgan fingerprint density at radius 2 is 2.22 bits per heavy atom. The van der Waals surface area contributed by atoms with Crippen LogP contribution in [0.3, 0.4) is 0 Å². The molecular weight excluding hydrogens is 306 g/mol. The van der Waals surface area contributed by atoms with Crippen molar-refractivity contribution >= 4 is 28.4 Å². The third-order valence-corrected chi connectivity index (χ3v) is 4.67. The Morgan fingerprint density at radius 1 is 1.35 bits per heavy atom. The minimum absolute atomic E-state index is 0.310. The van der Waals surface area contributed by atoms with Gasteiger partial charge in [0.2, 0.25) is 0 Å². The first-order valence-electron chi connectivity index (χ1n) is 7.31. The molecule has 0 amide bonds. The minimum Gasteiger partial charge on any atom is -0.379 e. The number of amidine groups is 1. The van der Waals surface area contributed by atoms with Crippen LogP contribution in [0, 0.1) is 11.3 Å². The molecule has 0 bridgehead atoms. The van der Waals surface area contributed by atoms with E-state index in [1.807, 2.05) is 18.2 Å². The molecule has 0 saturated heterocycles. The molecule has 1 atom stereocenters. The standard InChI is InChI=1S/C17H17N5S/c1-17(7-9-23-16(19)22-17)13-5-2-6-14(10-13)21-15-12(11-18)4-3-8-20-15/h2-6,8,10H,7,9H2,1H3,(H2,19,22)(H,20,21)/t17-/m0/s1. The van der Waals surface area contributed by atoms with Gasteiger partial charge in [-0.2, -0.15) is 5.26 Å². The number of nitrogens with one attached hydrogen (secondary N) is 1. The number of hydrogen-bond acceptors (Lipinski definition) is 6. The molecule has 0 radical (unpaired) electrons. The topological polar surface area (TPSA) is 87.1 Å². The lowest BCUT2D eigenvalue weighted by Crippen LogP contribution is -2.28. The van der Waals surface area contributed by atoms with E-state index < -0.39 is 0 Å². The summed E-state index contributed by atoms with van der Waals surface area (Å²) in [5.41, 5.74) is 8.08. The summed E-state index contributed by atoms with van der Waals surface area (Å²) in [4.78, 5) is 8.86. The third kappa shape index (κ3) is 3.30. The smallest absolute Gasteiger partial charge is 0.154 e. The number of anilines is 2. The first-order valence-corrected chi connectivity index (χ1v) is 8.30. The van der Waals surface area contributed by atoms with E-state index in [-0.39, 0.29) is 5.54 Å². The van der Waals surface area contributed by atoms with Crippen molar-refractivity contribution < 1.29 is 0 Å². The first-order chi connectivity index (χ1) is 11.1. The Balaban J connectivity index is 1.92. The fourth-order valence-corrected chi connectivity index (χ4v) is 3.53. The van der Waals surface area contributed by atoms with Gasteiger partial charge in [0.15, 0.2) is 5.17 Å². The van der Waals surface area contributed by atoms with Gasteiger partial charge in [-0.1, -0.05) is 23.9 Å². The SMILES string of the molecule is C[C@@]1(c2cccc(Nc3ncccc3C#N)c2)CCSC(N)=N1. The van der Waals surface area contributed by atoms with Crippen LogP contribution in [0.2, 0.25) is 0 Å². The zero-order valence-electron chi connectivity index (χ0n) is 12.8. The van der Waals surface area contributed by atoms with Crippen molar-refractivity contribution in [2.75, 3.05) is 11.1 Å². The van der Waals surface area contributed by atoms with E-state index in [4.69, 9.17) is 11.0 Å². The number of benzene rings is 1. The Kier molecular flexibility index (Phi) is 4.22. The molecule has 23 heavy (non-hydrogen) atoms. The molecule has 0 fully saturated rings. The predicted molar refractivity (Wildman–Crippen MR) is 94.7 cm³/mol. The van der Waals surface area contributed by atoms with E-state index in [1.54, 1.807) is 30.1 Å². The molecule has 3 N–H and O–H groups in total. The summed E-state index contributed by atoms with van der Waals surface area (Å²) in [5, 5.41) is 13.0. The molecule has 1 aromatic carbocycles. The monoisotopic (exact) mass is 323 g/mol. The molecule has 1 aromatic heterocycles. The van der Waals surface area contributed by atoms with Gasteiger partial charge in [-0.3, -0.25) is 4.99 Å². The zero-order chi connectivity index (χ0) is 16.3. The van der Waals surface area contributed by atoms with Crippen LogP contribution in [0.4, 0.5) is 11.5 Å². The lowest BCUT2D eigenvalue weighted by molar-refractivity contribution is 0.482. The summed E-state index contributed by atoms with van der Waals surface area (Å²) in [6.07, 6.45) is 2.60. The number of pyridine rings is 1. The molecule has 116 valence electrons. The third-order valence-electron chi connectivity index (χ3n) is 3.87. The number of rotatable bonds is 3. The Morgan fingerprint density at radius 3 is 3.00 bits per heavy atom. The molecule has 0 saturated carbocycles. The van der Waals surface area contributed by atoms with Gasteiger partial charge < -0.3 is 11.1 Å². The van der Waals surface area contributed by atoms with Gasteiger partial charge in [0, 0.05) is 17.6 Å². The van der Waals surface area contributed by atoms with Crippen molar-refractivity contribution in [1.29, 1.82) is 5.26 Å². The summed E-state index contributed by atoms with van der Waals surface area (Å²) in [5.74, 6) is 1.52. The fourth-order valence-electron chi connectivity index (χ4n) is 2.56. The van der Waals surface area contributed by atoms with Crippen LogP contribution in [-0.2, 0) is 5.54 Å². The van der Waals surface area contributed by atoms with E-state index >= 15 is 0 Å². The van der Waals surface area contributed by atoms with Crippen LogP contribution in [0.15, 0.2) is 47.6 Å². The van der Waals surface area contributed by atoms with E-state index in [0.717, 1.165) is 23.4 Å². The van der Waals surface area contributed by atoms with E-state index in [1.165, 1.54) is 0 Å². The minimum atomic E-state index is -0.310. The van der Waals surface area contributed by atoms with Crippen molar-refractivity contribution in [3.8, 4) is 6.07 Å². The molecule has 0 spiro atoms. The van der Waals surface area contributed by atoms with E-state index in [9.17, 15) is 0 Å². The Labute approximate surface area is 139 Å². The normalized spacial score (nSPS) is 20.4. The highest BCUT2D eigenvalue weighted by Gasteiger charge is 2.29. The first kappa shape index (κ1) is 15.4. The van der Waals surface area contributed by atoms with Crippen molar-refractivity contribution in [2.45, 2.75) is 18.9 Å². The number of nitrogens with zero attached hydrogens (tertiary/aromatic N) is 3. The fraction of sp³-hybridized carbons (Fsp3) is 0.235. The van der Waals surface area contributed by atoms with Crippen LogP contribution < -0.4 is 11.1 Å². The van der Waals surface area contributed by atoms with Crippen LogP contribution >= 0.6 is 11.8 Å². The number of nitrogens with two attached hydrogens (primary N) is 1. The molecule has 0 unspecified atom stereocenters. The van der Waals surface area contributed by atoms with Gasteiger partial charge in [0.1, 0.15) is 11.9 Å². The summed E-state index contributed by atoms with van der Waals surface area (Å²) in [6, 6.07) is 13.7. The van der Waals surface area contributed by atoms with Crippen molar-refractivity contribution in [2.24, 2.45) is 10.7 Å². The number of hydrogen-bond donors (Lipinski definition) is 2. The highest BCUT2D eigenvalue weighted by Crippen LogP contribution is 2.36. The number of aliphatic imine (C=N–C) groups is 1. The van der Waals surface area contributed by atoms with Crippen LogP contribution in [0.25, 0.3) is 0 Å². The largest absolute Gasteiger partial charge is 0.379 e. The number of nitriles is 1. The average Bonchev–Trinajstić information content (AvgIpc) is 2.55. The maximum absolute atomic E-state index is 9.16. The molecule has 1 aliphatic rings. The maximum atomic E-state index is 9.16. The van der Waals surface area contributed by atoms with Crippen molar-refractivity contribution in [1.82, 2.24) is 4.98 Å². The molecule has 3 rings (SSSR count). The van der Waals surface area contributed by atoms with Crippen LogP contribution in [0.1, 0.15) is 24.5 Å². The second-order valence-electron chi connectivity index (χ2n) is 5.54. The average molecular weight is 323 g/mol. The van der Waals surface area contributed by atoms with Gasteiger partial charge in [-0.05, 0) is 43.2 Å². The maximum Gasteiger partial charge on any atom is 0.154 e. The van der Waals surface area contributed by atoms with Gasteiger partial charge in [-0.15, -0.1) is 0 Å². The molecule has 2 heterocycles. The summed E-state index contributed by atoms with van der Waals surface area (Å²) in [6.45, 7) is 2.10. The second kappa shape index (κ2) is 6.31. The van der Waals surface area contributed by atoms with E-state index in [2.05, 4.69) is 34.4 Å². The molecule has 1 aliphatic heterocycles. The quantitative estimate of drug-likeness (QED) is 0.904. The zero-order valence-corrected chi connectivity index (χ0v) is 13.6. The molecule has 6 heteroatoms. The highest BCUT2D eigenvalue weighted by atomic mass is 32.2. The molecule has 2 aromatic rings. The van der Waals surface area contributed by atoms with Gasteiger partial charge >= 0.3 is 0 Å². The van der Waals surface area contributed by atoms with Gasteiger partial charge in [0.05, 0.1) is 11.1 Å². The summed E-state index contributed by atoms with van der Waals surface area (Å²) in [7, 11) is 0. The second-order valence-corrected chi connectivity index (χ2v) is 6.65. The summed E-state index contributed by atoms with van der Waals surface area (Å²) < 4.78 is 0. The molecule has 0 aliphatic carbocycles. The number of aromatic nitrogens is 1. The lowest BCUT2D eigenvalue weighted by Gasteiger charge is -2.30. The molecule has 5 nitrogen and oxygen atoms in total. The summed E-state index contributed by atoms with van der Waals surface area (Å²) >= 11 is 1.59. The Hall–Kier alpha value is -2.52. The highest BCUT2D eigenvalue weighted by molar-refractivity contribution is 8.13. The number of thioether (sulfide) groups is 1. The van der Waals surface area contributed by atoms with Gasteiger partial charge in [-0.25, -0.2) is 4.98 Å². The van der Waals surface area contributed by atoms with Crippen molar-refractivity contribution in [3.63, 3.8) is 0 Å². The van der Waals surface area contributed by atoms with Crippen molar-refractivity contribution in [3.05, 3.63) is 53.7 Å². The van der Waals surface area contributed by atoms with E-state index in [0.29, 0.717) is 16.5 Å².